The van der Waals surface area contributed by atoms with Crippen molar-refractivity contribution < 1.29 is 19.0 Å². The number of nitrogens with one attached hydrogen (secondary N) is 3. The SMILES string of the molecule is COc1cc(C(=O)Nc2ccc(Nc3cc(Nc4ccccn4)ncn3)cc2)cc(OC)c1OC. The van der Waals surface area contributed by atoms with Gasteiger partial charge in [-0.3, -0.25) is 4.79 Å². The van der Waals surface area contributed by atoms with Crippen molar-refractivity contribution in [3.63, 3.8) is 0 Å². The van der Waals surface area contributed by atoms with E-state index in [9.17, 15) is 4.79 Å². The minimum atomic E-state index is -0.314. The summed E-state index contributed by atoms with van der Waals surface area (Å²) in [6.07, 6.45) is 3.16. The van der Waals surface area contributed by atoms with Gasteiger partial charge in [0.25, 0.3) is 5.91 Å². The number of nitrogens with zero attached hydrogens (tertiary/aromatic N) is 3. The molecule has 0 aliphatic heterocycles. The first-order valence-corrected chi connectivity index (χ1v) is 10.6. The van der Waals surface area contributed by atoms with Crippen molar-refractivity contribution in [1.29, 1.82) is 0 Å². The normalized spacial score (nSPS) is 10.3. The number of hydrogen-bond acceptors (Lipinski definition) is 9. The quantitative estimate of drug-likeness (QED) is 0.320. The largest absolute Gasteiger partial charge is 0.493 e. The van der Waals surface area contributed by atoms with E-state index in [1.54, 1.807) is 36.5 Å². The van der Waals surface area contributed by atoms with Crippen LogP contribution in [0.25, 0.3) is 0 Å². The lowest BCUT2D eigenvalue weighted by atomic mass is 10.1. The molecule has 4 aromatic rings. The Labute approximate surface area is 202 Å². The highest BCUT2D eigenvalue weighted by atomic mass is 16.5. The molecule has 2 heterocycles. The van der Waals surface area contributed by atoms with Crippen molar-refractivity contribution in [1.82, 2.24) is 15.0 Å². The number of carbonyl (C=O) groups is 1. The van der Waals surface area contributed by atoms with Gasteiger partial charge >= 0.3 is 0 Å². The zero-order valence-electron chi connectivity index (χ0n) is 19.4. The van der Waals surface area contributed by atoms with Gasteiger partial charge in [0.15, 0.2) is 11.5 Å². The highest BCUT2D eigenvalue weighted by molar-refractivity contribution is 6.05. The van der Waals surface area contributed by atoms with Gasteiger partial charge in [0.1, 0.15) is 23.8 Å². The standard InChI is InChI=1S/C25H24N6O4/c1-33-19-12-16(13-20(34-2)24(19)35-3)25(32)30-18-9-7-17(8-10-18)29-22-14-23(28-15-27-22)31-21-6-4-5-11-26-21/h4-15H,1-3H3,(H,30,32)(H2,26,27,28,29,31). The van der Waals surface area contributed by atoms with E-state index in [1.807, 2.05) is 30.3 Å². The molecule has 2 aromatic carbocycles. The molecular formula is C25H24N6O4. The predicted octanol–water partition coefficient (Wildman–Crippen LogP) is 4.64. The van der Waals surface area contributed by atoms with Crippen LogP contribution >= 0.6 is 0 Å². The fraction of sp³-hybridized carbons (Fsp3) is 0.120. The van der Waals surface area contributed by atoms with E-state index in [4.69, 9.17) is 14.2 Å². The van der Waals surface area contributed by atoms with Gasteiger partial charge < -0.3 is 30.2 Å². The van der Waals surface area contributed by atoms with E-state index in [2.05, 4.69) is 30.9 Å². The van der Waals surface area contributed by atoms with Gasteiger partial charge in [-0.05, 0) is 48.5 Å². The van der Waals surface area contributed by atoms with Crippen LogP contribution in [0.4, 0.5) is 28.8 Å². The molecule has 0 saturated carbocycles. The maximum atomic E-state index is 12.8. The lowest BCUT2D eigenvalue weighted by Gasteiger charge is -2.14. The zero-order chi connectivity index (χ0) is 24.6. The van der Waals surface area contributed by atoms with Gasteiger partial charge in [-0.15, -0.1) is 0 Å². The minimum Gasteiger partial charge on any atom is -0.493 e. The summed E-state index contributed by atoms with van der Waals surface area (Å²) >= 11 is 0. The Hall–Kier alpha value is -4.86. The van der Waals surface area contributed by atoms with Crippen LogP contribution in [0, 0.1) is 0 Å². The van der Waals surface area contributed by atoms with Crippen LogP contribution in [-0.4, -0.2) is 42.2 Å². The highest BCUT2D eigenvalue weighted by Crippen LogP contribution is 2.38. The molecule has 4 rings (SSSR count). The van der Waals surface area contributed by atoms with E-state index in [1.165, 1.54) is 27.7 Å². The van der Waals surface area contributed by atoms with Crippen LogP contribution in [-0.2, 0) is 0 Å². The van der Waals surface area contributed by atoms with Crippen molar-refractivity contribution in [2.75, 3.05) is 37.3 Å². The Morgan fingerprint density at radius 3 is 1.97 bits per heavy atom. The van der Waals surface area contributed by atoms with E-state index < -0.39 is 0 Å². The monoisotopic (exact) mass is 472 g/mol. The number of ether oxygens (including phenoxy) is 3. The Morgan fingerprint density at radius 2 is 1.37 bits per heavy atom. The summed E-state index contributed by atoms with van der Waals surface area (Å²) in [6.45, 7) is 0. The third-order valence-corrected chi connectivity index (χ3v) is 4.93. The molecule has 10 nitrogen and oxygen atoms in total. The molecule has 35 heavy (non-hydrogen) atoms. The van der Waals surface area contributed by atoms with Gasteiger partial charge in [-0.25, -0.2) is 15.0 Å². The molecule has 1 amide bonds. The number of amides is 1. The van der Waals surface area contributed by atoms with Gasteiger partial charge in [0, 0.05) is 29.2 Å². The van der Waals surface area contributed by atoms with Gasteiger partial charge in [-0.2, -0.15) is 0 Å². The van der Waals surface area contributed by atoms with Crippen LogP contribution < -0.4 is 30.2 Å². The first kappa shape index (κ1) is 23.3. The van der Waals surface area contributed by atoms with E-state index >= 15 is 0 Å². The second kappa shape index (κ2) is 10.8. The van der Waals surface area contributed by atoms with E-state index in [0.717, 1.165) is 5.69 Å². The third kappa shape index (κ3) is 5.74. The summed E-state index contributed by atoms with van der Waals surface area (Å²) in [5, 5.41) is 9.20. The summed E-state index contributed by atoms with van der Waals surface area (Å²) < 4.78 is 15.9. The molecule has 0 radical (unpaired) electrons. The first-order valence-electron chi connectivity index (χ1n) is 10.6. The smallest absolute Gasteiger partial charge is 0.255 e. The van der Waals surface area contributed by atoms with E-state index in [0.29, 0.717) is 46.0 Å². The Morgan fingerprint density at radius 1 is 0.714 bits per heavy atom. The molecule has 2 aromatic heterocycles. The molecule has 3 N–H and O–H groups in total. The number of rotatable bonds is 9. The number of hydrogen-bond donors (Lipinski definition) is 3. The van der Waals surface area contributed by atoms with Crippen LogP contribution in [0.3, 0.4) is 0 Å². The van der Waals surface area contributed by atoms with Gasteiger partial charge in [0.2, 0.25) is 5.75 Å². The number of aromatic nitrogens is 3. The fourth-order valence-corrected chi connectivity index (χ4v) is 3.26. The average Bonchev–Trinajstić information content (AvgIpc) is 2.89. The first-order chi connectivity index (χ1) is 17.1. The molecule has 0 fully saturated rings. The maximum Gasteiger partial charge on any atom is 0.255 e. The lowest BCUT2D eigenvalue weighted by Crippen LogP contribution is -2.12. The number of carbonyl (C=O) groups excluding carboxylic acids is 1. The zero-order valence-corrected chi connectivity index (χ0v) is 19.4. The lowest BCUT2D eigenvalue weighted by molar-refractivity contribution is 0.102. The second-order valence-corrected chi connectivity index (χ2v) is 7.20. The molecule has 178 valence electrons. The molecule has 0 aliphatic carbocycles. The third-order valence-electron chi connectivity index (χ3n) is 4.93. The molecule has 0 unspecified atom stereocenters. The predicted molar refractivity (Wildman–Crippen MR) is 133 cm³/mol. The topological polar surface area (TPSA) is 120 Å². The van der Waals surface area contributed by atoms with Gasteiger partial charge in [-0.1, -0.05) is 6.07 Å². The van der Waals surface area contributed by atoms with Crippen molar-refractivity contribution in [2.45, 2.75) is 0 Å². The van der Waals surface area contributed by atoms with Crippen molar-refractivity contribution >= 4 is 34.7 Å². The summed E-state index contributed by atoms with van der Waals surface area (Å²) in [5.74, 6) is 2.81. The van der Waals surface area contributed by atoms with Crippen molar-refractivity contribution in [3.05, 3.63) is 78.8 Å². The van der Waals surface area contributed by atoms with E-state index in [-0.39, 0.29) is 5.91 Å². The minimum absolute atomic E-state index is 0.314. The van der Waals surface area contributed by atoms with Crippen molar-refractivity contribution in [2.24, 2.45) is 0 Å². The van der Waals surface area contributed by atoms with Gasteiger partial charge in [0.05, 0.1) is 21.3 Å². The molecule has 0 aliphatic rings. The van der Waals surface area contributed by atoms with Crippen molar-refractivity contribution in [3.8, 4) is 17.2 Å². The molecular weight excluding hydrogens is 448 g/mol. The number of methoxy groups -OCH3 is 3. The number of pyridine rings is 1. The fourth-order valence-electron chi connectivity index (χ4n) is 3.26. The second-order valence-electron chi connectivity index (χ2n) is 7.20. The Kier molecular flexibility index (Phi) is 7.22. The number of benzene rings is 2. The summed E-state index contributed by atoms with van der Waals surface area (Å²) in [4.78, 5) is 25.5. The molecule has 0 saturated heterocycles. The van der Waals surface area contributed by atoms with Crippen LogP contribution in [0.5, 0.6) is 17.2 Å². The Bertz CT molecular complexity index is 1270. The van der Waals surface area contributed by atoms with Crippen LogP contribution in [0.1, 0.15) is 10.4 Å². The maximum absolute atomic E-state index is 12.8. The molecule has 0 spiro atoms. The molecule has 0 atom stereocenters. The molecule has 0 bridgehead atoms. The summed E-state index contributed by atoms with van der Waals surface area (Å²) in [7, 11) is 4.51. The summed E-state index contributed by atoms with van der Waals surface area (Å²) in [6, 6.07) is 17.8. The summed E-state index contributed by atoms with van der Waals surface area (Å²) in [5.41, 5.74) is 1.78. The highest BCUT2D eigenvalue weighted by Gasteiger charge is 2.17. The Balaban J connectivity index is 1.42. The van der Waals surface area contributed by atoms with Crippen LogP contribution in [0.2, 0.25) is 0 Å². The van der Waals surface area contributed by atoms with Crippen LogP contribution in [0.15, 0.2) is 73.2 Å². The molecule has 10 heteroatoms. The number of anilines is 5. The average molecular weight is 473 g/mol.